The smallest absolute Gasteiger partial charge is 0.550 e. The number of benzene rings is 6. The molecule has 283 valence electrons. The maximum Gasteiger partial charge on any atom is 2.00 e. The number of aromatic hydroxyl groups is 2. The monoisotopic (exact) mass is 779 g/mol. The number of phenolic OH excluding ortho intramolecular Hbond substituents is 2. The van der Waals surface area contributed by atoms with Gasteiger partial charge in [-0.1, -0.05) is 113 Å². The zero-order valence-electron chi connectivity index (χ0n) is 31.6. The van der Waals surface area contributed by atoms with E-state index in [1.54, 1.807) is 12.4 Å². The number of nitrogens with zero attached hydrogens (tertiary/aromatic N) is 2. The van der Waals surface area contributed by atoms with Gasteiger partial charge in [-0.25, -0.2) is 0 Å². The second-order valence-electron chi connectivity index (χ2n) is 13.2. The molecular formula is C46H44CoN2O6. The second-order valence-corrected chi connectivity index (χ2v) is 13.2. The zero-order chi connectivity index (χ0) is 39.4. The van der Waals surface area contributed by atoms with Crippen LogP contribution in [-0.2, 0) is 26.4 Å². The molecule has 0 fully saturated rings. The van der Waals surface area contributed by atoms with Gasteiger partial charge >= 0.3 is 16.8 Å². The van der Waals surface area contributed by atoms with Crippen molar-refractivity contribution in [1.82, 2.24) is 0 Å². The number of rotatable bonds is 8. The molecule has 9 heteroatoms. The molecule has 0 spiro atoms. The molecule has 0 aliphatic rings. The largest absolute Gasteiger partial charge is 2.00 e. The fourth-order valence-corrected chi connectivity index (χ4v) is 5.83. The molecule has 0 aliphatic heterocycles. The van der Waals surface area contributed by atoms with Crippen LogP contribution in [0.2, 0.25) is 0 Å². The summed E-state index contributed by atoms with van der Waals surface area (Å²) in [5, 5.41) is 42.1. The Morgan fingerprint density at radius 1 is 0.545 bits per heavy atom. The fraction of sp³-hybridized carbons (Fsp3) is 0.174. The van der Waals surface area contributed by atoms with Crippen LogP contribution in [0.1, 0.15) is 75.6 Å². The Hall–Kier alpha value is -6.03. The molecule has 1 radical (unpaired) electrons. The van der Waals surface area contributed by atoms with Gasteiger partial charge in [-0.05, 0) is 101 Å². The van der Waals surface area contributed by atoms with Crippen LogP contribution in [0.25, 0.3) is 33.0 Å². The molecule has 55 heavy (non-hydrogen) atoms. The zero-order valence-corrected chi connectivity index (χ0v) is 32.7. The predicted molar refractivity (Wildman–Crippen MR) is 215 cm³/mol. The van der Waals surface area contributed by atoms with Gasteiger partial charge in [0.1, 0.15) is 11.5 Å². The summed E-state index contributed by atoms with van der Waals surface area (Å²) in [6.07, 6.45) is 3.49. The van der Waals surface area contributed by atoms with Crippen molar-refractivity contribution in [3.05, 3.63) is 144 Å². The molecule has 0 amide bonds. The molecular weight excluding hydrogens is 735 g/mol. The van der Waals surface area contributed by atoms with Gasteiger partial charge in [-0.15, -0.1) is 0 Å². The molecule has 0 bridgehead atoms. The third kappa shape index (κ3) is 12.0. The Morgan fingerprint density at radius 2 is 0.891 bits per heavy atom. The molecule has 6 rings (SSSR count). The average Bonchev–Trinajstić information content (AvgIpc) is 3.14. The van der Waals surface area contributed by atoms with Crippen molar-refractivity contribution in [3.8, 4) is 33.8 Å². The number of aliphatic carboxylic acids is 2. The summed E-state index contributed by atoms with van der Waals surface area (Å²) < 4.78 is 0. The standard InChI is InChI=1S/C42H38N2O2.2C2H4O2.Co/c1-27(2)36-23-32(29-13-7-5-8-14-29)21-34(41(36)45)25-43-38-19-11-17-31-18-12-20-39(40(31)38)44-26-35-22-33(30-15-9-6-10-16-30)24-37(28(3)4)42(35)46;2*1-2(3)4;/h5-28,45-46H,1-4H3;2*1H3,(H,3,4);/q;;;+2/p-2. The first kappa shape index (κ1) is 43.4. The Kier molecular flexibility index (Phi) is 16.1. The van der Waals surface area contributed by atoms with Gasteiger partial charge < -0.3 is 30.0 Å². The number of hydrogen-bond acceptors (Lipinski definition) is 8. The first-order valence-corrected chi connectivity index (χ1v) is 17.6. The number of carboxylic acid groups (broad SMARTS) is 2. The molecule has 0 saturated carbocycles. The molecule has 8 nitrogen and oxygen atoms in total. The Balaban J connectivity index is 0.000000824. The van der Waals surface area contributed by atoms with Crippen LogP contribution in [0.4, 0.5) is 11.4 Å². The van der Waals surface area contributed by atoms with E-state index in [4.69, 9.17) is 29.8 Å². The number of carboxylic acids is 2. The van der Waals surface area contributed by atoms with Gasteiger partial charge in [0.05, 0.1) is 11.4 Å². The number of carbonyl (C=O) groups is 2. The number of hydrogen-bond donors (Lipinski definition) is 2. The van der Waals surface area contributed by atoms with E-state index in [1.165, 1.54) is 0 Å². The third-order valence-corrected chi connectivity index (χ3v) is 8.34. The first-order chi connectivity index (χ1) is 25.8. The van der Waals surface area contributed by atoms with Crippen LogP contribution in [0.15, 0.2) is 131 Å². The summed E-state index contributed by atoms with van der Waals surface area (Å²) in [6.45, 7) is 10.3. The number of fused-ring (bicyclic) bond motifs is 1. The molecule has 0 saturated heterocycles. The van der Waals surface area contributed by atoms with Crippen LogP contribution in [0.5, 0.6) is 11.5 Å². The van der Waals surface area contributed by atoms with Crippen molar-refractivity contribution < 1.29 is 46.8 Å². The summed E-state index contributed by atoms with van der Waals surface area (Å²) in [5.74, 6) is -1.40. The van der Waals surface area contributed by atoms with E-state index in [0.29, 0.717) is 11.1 Å². The number of phenols is 2. The van der Waals surface area contributed by atoms with Gasteiger partial charge in [0.2, 0.25) is 0 Å². The van der Waals surface area contributed by atoms with Gasteiger partial charge in [-0.3, -0.25) is 9.98 Å². The Bertz CT molecular complexity index is 2120. The molecule has 0 unspecified atom stereocenters. The second kappa shape index (κ2) is 20.4. The molecule has 0 atom stereocenters. The molecule has 0 aromatic heterocycles. The van der Waals surface area contributed by atoms with Crippen LogP contribution in [-0.4, -0.2) is 34.6 Å². The topological polar surface area (TPSA) is 145 Å². The third-order valence-electron chi connectivity index (χ3n) is 8.34. The van der Waals surface area contributed by atoms with Crippen LogP contribution < -0.4 is 10.2 Å². The van der Waals surface area contributed by atoms with E-state index in [9.17, 15) is 10.2 Å². The first-order valence-electron chi connectivity index (χ1n) is 17.6. The molecule has 6 aromatic carbocycles. The molecule has 6 aromatic rings. The quantitative estimate of drug-likeness (QED) is 0.148. The molecule has 0 heterocycles. The maximum absolute atomic E-state index is 11.2. The minimum absolute atomic E-state index is 0. The average molecular weight is 780 g/mol. The maximum atomic E-state index is 11.2. The van der Waals surface area contributed by atoms with Crippen molar-refractivity contribution >= 4 is 46.5 Å². The number of carbonyl (C=O) groups excluding carboxylic acids is 2. The van der Waals surface area contributed by atoms with E-state index >= 15 is 0 Å². The molecule has 2 N–H and O–H groups in total. The summed E-state index contributed by atoms with van der Waals surface area (Å²) in [7, 11) is 0. The van der Waals surface area contributed by atoms with Crippen molar-refractivity contribution in [1.29, 1.82) is 0 Å². The molecule has 0 aliphatic carbocycles. The summed E-state index contributed by atoms with van der Waals surface area (Å²) >= 11 is 0. The predicted octanol–water partition coefficient (Wildman–Crippen LogP) is 8.84. The van der Waals surface area contributed by atoms with Crippen molar-refractivity contribution in [2.24, 2.45) is 9.98 Å². The van der Waals surface area contributed by atoms with E-state index in [1.807, 2.05) is 84.9 Å². The summed E-state index contributed by atoms with van der Waals surface area (Å²) in [6, 6.07) is 40.4. The minimum atomic E-state index is -1.08. The normalized spacial score (nSPS) is 10.8. The van der Waals surface area contributed by atoms with Gasteiger partial charge in [0.25, 0.3) is 0 Å². The van der Waals surface area contributed by atoms with Crippen LogP contribution >= 0.6 is 0 Å². The van der Waals surface area contributed by atoms with E-state index in [0.717, 1.165) is 69.4 Å². The summed E-state index contributed by atoms with van der Waals surface area (Å²) in [4.78, 5) is 27.6. The van der Waals surface area contributed by atoms with Crippen molar-refractivity contribution in [2.75, 3.05) is 0 Å². The fourth-order valence-electron chi connectivity index (χ4n) is 5.83. The minimum Gasteiger partial charge on any atom is -0.550 e. The van der Waals surface area contributed by atoms with E-state index in [2.05, 4.69) is 64.1 Å². The van der Waals surface area contributed by atoms with Gasteiger partial charge in [-0.2, -0.15) is 0 Å². The van der Waals surface area contributed by atoms with E-state index in [-0.39, 0.29) is 40.1 Å². The summed E-state index contributed by atoms with van der Waals surface area (Å²) in [5.41, 5.74) is 8.79. The Morgan fingerprint density at radius 3 is 1.22 bits per heavy atom. The van der Waals surface area contributed by atoms with Crippen molar-refractivity contribution in [3.63, 3.8) is 0 Å². The number of aliphatic imine (C=N–C) groups is 2. The van der Waals surface area contributed by atoms with Crippen LogP contribution in [0, 0.1) is 0 Å². The SMILES string of the molecule is CC(=O)[O-].CC(=O)[O-].CC(C)c1cc(-c2ccccc2)cc(C=Nc2cccc3cccc(N=Cc4cc(-c5ccccc5)cc(C(C)C)c4O)c23)c1O.[Co+2]. The van der Waals surface area contributed by atoms with Gasteiger partial charge in [0, 0.05) is 40.9 Å². The van der Waals surface area contributed by atoms with Crippen molar-refractivity contribution in [2.45, 2.75) is 53.4 Å². The van der Waals surface area contributed by atoms with E-state index < -0.39 is 11.9 Å². The van der Waals surface area contributed by atoms with Gasteiger partial charge in [0.15, 0.2) is 0 Å². The Labute approximate surface area is 332 Å². The van der Waals surface area contributed by atoms with Crippen LogP contribution in [0.3, 0.4) is 0 Å².